The Morgan fingerprint density at radius 3 is 1.60 bits per heavy atom. The minimum Gasteiger partial charge on any atom is -0.423 e. The molecule has 2 rings (SSSR count). The maximum atomic E-state index is 14.4. The quantitative estimate of drug-likeness (QED) is 0.0796. The largest absolute Gasteiger partial charge is 0.460 e. The summed E-state index contributed by atoms with van der Waals surface area (Å²) in [7, 11) is 0. The number of esters is 1. The summed E-state index contributed by atoms with van der Waals surface area (Å²) in [6.45, 7) is 1.91. The van der Waals surface area contributed by atoms with Gasteiger partial charge >= 0.3 is 47.9 Å². The van der Waals surface area contributed by atoms with Crippen LogP contribution in [0, 0.1) is 5.92 Å². The van der Waals surface area contributed by atoms with Crippen LogP contribution < -0.4 is 4.74 Å². The number of hydrogen-bond donors (Lipinski definition) is 0. The predicted molar refractivity (Wildman–Crippen MR) is 134 cm³/mol. The van der Waals surface area contributed by atoms with Crippen LogP contribution in [0.15, 0.2) is 48.5 Å². The number of ether oxygens (including phenoxy) is 1. The molecule has 1 unspecified atom stereocenters. The lowest BCUT2D eigenvalue weighted by molar-refractivity contribution is -0.441. The van der Waals surface area contributed by atoms with E-state index in [1.807, 2.05) is 6.92 Å². The zero-order valence-corrected chi connectivity index (χ0v) is 24.0. The van der Waals surface area contributed by atoms with Gasteiger partial charge in [-0.2, -0.15) is 70.2 Å². The molecule has 0 aromatic heterocycles. The van der Waals surface area contributed by atoms with E-state index in [1.54, 1.807) is 0 Å². The Labute approximate surface area is 257 Å². The molecule has 2 aromatic carbocycles. The highest BCUT2D eigenvalue weighted by molar-refractivity contribution is 5.91. The molecule has 1 atom stereocenters. The molecule has 0 N–H and O–H groups in total. The van der Waals surface area contributed by atoms with Gasteiger partial charge in [0.2, 0.25) is 0 Å². The van der Waals surface area contributed by atoms with Crippen LogP contribution in [0.5, 0.6) is 5.75 Å². The van der Waals surface area contributed by atoms with Gasteiger partial charge in [0.1, 0.15) is 5.75 Å². The van der Waals surface area contributed by atoms with Gasteiger partial charge in [0.15, 0.2) is 0 Å². The normalized spacial score (nSPS) is 14.7. The van der Waals surface area contributed by atoms with E-state index >= 15 is 0 Å². The number of carbonyl (C=O) groups is 1. The number of hydrogen-bond acceptors (Lipinski definition) is 2. The van der Waals surface area contributed by atoms with Crippen molar-refractivity contribution in [3.8, 4) is 5.75 Å². The molecule has 0 saturated heterocycles. The van der Waals surface area contributed by atoms with Gasteiger partial charge in [-0.05, 0) is 49.1 Å². The highest BCUT2D eigenvalue weighted by Gasteiger charge is 2.90. The molecular formula is C29H26F16O2. The number of unbranched alkanes of at least 4 members (excludes halogenated alkanes) is 3. The zero-order valence-electron chi connectivity index (χ0n) is 24.0. The Morgan fingerprint density at radius 2 is 1.13 bits per heavy atom. The summed E-state index contributed by atoms with van der Waals surface area (Å²) in [4.78, 5) is 12.3. The van der Waals surface area contributed by atoms with Crippen molar-refractivity contribution in [2.75, 3.05) is 0 Å². The first-order valence-electron chi connectivity index (χ1n) is 13.7. The van der Waals surface area contributed by atoms with Crippen LogP contribution in [0.3, 0.4) is 0 Å². The Morgan fingerprint density at radius 1 is 0.617 bits per heavy atom. The van der Waals surface area contributed by atoms with Crippen molar-refractivity contribution in [3.63, 3.8) is 0 Å². The topological polar surface area (TPSA) is 26.3 Å². The third kappa shape index (κ3) is 8.27. The van der Waals surface area contributed by atoms with Crippen molar-refractivity contribution in [3.05, 3.63) is 65.2 Å². The first-order valence-corrected chi connectivity index (χ1v) is 13.7. The van der Waals surface area contributed by atoms with E-state index in [-0.39, 0.29) is 49.3 Å². The minimum atomic E-state index is -8.04. The van der Waals surface area contributed by atoms with Gasteiger partial charge in [-0.3, -0.25) is 0 Å². The van der Waals surface area contributed by atoms with Gasteiger partial charge < -0.3 is 4.74 Å². The van der Waals surface area contributed by atoms with Crippen molar-refractivity contribution in [1.82, 2.24) is 0 Å². The molecule has 0 saturated carbocycles. The lowest BCUT2D eigenvalue weighted by atomic mass is 9.90. The predicted octanol–water partition coefficient (Wildman–Crippen LogP) is 11.2. The Kier molecular flexibility index (Phi) is 12.0. The lowest BCUT2D eigenvalue weighted by Gasteiger charge is -2.39. The van der Waals surface area contributed by atoms with Gasteiger partial charge in [0.25, 0.3) is 0 Å². The lowest BCUT2D eigenvalue weighted by Crippen LogP contribution is -2.69. The van der Waals surface area contributed by atoms with Crippen LogP contribution in [-0.2, 0) is 12.3 Å². The molecule has 0 spiro atoms. The fourth-order valence-corrected chi connectivity index (χ4v) is 4.29. The van der Waals surface area contributed by atoms with Crippen LogP contribution in [0.1, 0.15) is 66.9 Å². The Balaban J connectivity index is 2.15. The maximum Gasteiger partial charge on any atom is 0.460 e. The average Bonchev–Trinajstić information content (AvgIpc) is 2.96. The fourth-order valence-electron chi connectivity index (χ4n) is 4.29. The van der Waals surface area contributed by atoms with Crippen molar-refractivity contribution in [2.24, 2.45) is 5.92 Å². The van der Waals surface area contributed by atoms with Gasteiger partial charge in [-0.1, -0.05) is 56.9 Å². The summed E-state index contributed by atoms with van der Waals surface area (Å²) in [6.07, 6.45) is -9.51. The molecular weight excluding hydrogens is 684 g/mol. The highest BCUT2D eigenvalue weighted by atomic mass is 19.4. The van der Waals surface area contributed by atoms with Gasteiger partial charge in [-0.25, -0.2) is 4.79 Å². The fraction of sp³-hybridized carbons (Fsp3) is 0.552. The van der Waals surface area contributed by atoms with Gasteiger partial charge in [-0.15, -0.1) is 0 Å². The zero-order chi connectivity index (χ0) is 36.3. The minimum absolute atomic E-state index is 0.00527. The smallest absolute Gasteiger partial charge is 0.423 e. The molecule has 0 amide bonds. The third-order valence-corrected chi connectivity index (χ3v) is 7.20. The molecule has 0 heterocycles. The molecule has 0 radical (unpaired) electrons. The summed E-state index contributed by atoms with van der Waals surface area (Å²) >= 11 is 0. The molecule has 18 heteroatoms. The van der Waals surface area contributed by atoms with Crippen LogP contribution in [0.25, 0.3) is 0 Å². The van der Waals surface area contributed by atoms with Gasteiger partial charge in [0, 0.05) is 5.56 Å². The summed E-state index contributed by atoms with van der Waals surface area (Å²) in [5.41, 5.74) is -2.57. The maximum absolute atomic E-state index is 14.4. The molecule has 266 valence electrons. The number of benzene rings is 2. The second-order valence-corrected chi connectivity index (χ2v) is 10.6. The second-order valence-electron chi connectivity index (χ2n) is 10.6. The first-order chi connectivity index (χ1) is 21.3. The van der Waals surface area contributed by atoms with Crippen molar-refractivity contribution >= 4 is 5.97 Å². The van der Waals surface area contributed by atoms with Crippen molar-refractivity contribution in [1.29, 1.82) is 0 Å². The first kappa shape index (κ1) is 40.0. The summed E-state index contributed by atoms with van der Waals surface area (Å²) in [5.74, 6) is -41.0. The molecule has 47 heavy (non-hydrogen) atoms. The summed E-state index contributed by atoms with van der Waals surface area (Å²) < 4.78 is 219. The SMILES string of the molecule is CCCCCCC(CCc1ccc(OC(=O)c2ccc(C(F)(F)C(F)(F)C(F)(F)C(F)(F)C(F)(F)C(F)(F)F)cc2)cc1)C(F)(F)F. The highest BCUT2D eigenvalue weighted by Crippen LogP contribution is 2.62. The molecule has 0 fully saturated rings. The molecule has 2 nitrogen and oxygen atoms in total. The van der Waals surface area contributed by atoms with E-state index in [2.05, 4.69) is 0 Å². The standard InChI is InChI=1S/C29H26F16O2/c1-2-3-4-5-6-20(24(32,33)34)12-7-17-8-15-21(16-9-17)47-22(46)18-10-13-19(14-11-18)23(30,31)25(35,36)26(37,38)27(39,40)28(41,42)29(43,44)45/h8-11,13-16,20H,2-7,12H2,1H3. The second kappa shape index (κ2) is 14.1. The Hall–Kier alpha value is -3.21. The number of carbonyl (C=O) groups excluding carboxylic acids is 1. The summed E-state index contributed by atoms with van der Waals surface area (Å²) in [6, 6.07) is 5.10. The van der Waals surface area contributed by atoms with Crippen LogP contribution in [-0.4, -0.2) is 42.0 Å². The molecule has 0 aliphatic heterocycles. The number of rotatable bonds is 15. The molecule has 2 aromatic rings. The third-order valence-electron chi connectivity index (χ3n) is 7.20. The monoisotopic (exact) mass is 710 g/mol. The molecule has 0 aliphatic carbocycles. The van der Waals surface area contributed by atoms with Gasteiger partial charge in [0.05, 0.1) is 11.5 Å². The van der Waals surface area contributed by atoms with Crippen molar-refractivity contribution in [2.45, 2.75) is 93.8 Å². The van der Waals surface area contributed by atoms with Crippen LogP contribution >= 0.6 is 0 Å². The number of alkyl halides is 16. The van der Waals surface area contributed by atoms with E-state index in [1.165, 1.54) is 12.1 Å². The van der Waals surface area contributed by atoms with Crippen molar-refractivity contribution < 1.29 is 79.8 Å². The average molecular weight is 710 g/mol. The van der Waals surface area contributed by atoms with E-state index in [9.17, 15) is 75.0 Å². The van der Waals surface area contributed by atoms with E-state index in [0.29, 0.717) is 18.4 Å². The number of halogens is 16. The molecule has 0 bridgehead atoms. The van der Waals surface area contributed by atoms with E-state index in [4.69, 9.17) is 4.74 Å². The molecule has 0 aliphatic rings. The van der Waals surface area contributed by atoms with E-state index < -0.39 is 65.0 Å². The number of aryl methyl sites for hydroxylation is 1. The van der Waals surface area contributed by atoms with E-state index in [0.717, 1.165) is 25.0 Å². The Bertz CT molecular complexity index is 1310. The van der Waals surface area contributed by atoms with Crippen LogP contribution in [0.4, 0.5) is 70.2 Å². The summed E-state index contributed by atoms with van der Waals surface area (Å²) in [5, 5.41) is 0. The van der Waals surface area contributed by atoms with Crippen LogP contribution in [0.2, 0.25) is 0 Å².